The van der Waals surface area contributed by atoms with Crippen molar-refractivity contribution in [1.82, 2.24) is 9.88 Å². The number of pyridine rings is 1. The first-order valence-corrected chi connectivity index (χ1v) is 10.1. The van der Waals surface area contributed by atoms with E-state index in [4.69, 9.17) is 6.42 Å². The summed E-state index contributed by atoms with van der Waals surface area (Å²) in [6.07, 6.45) is 6.83. The number of carbonyl (C=O) groups is 2. The molecule has 0 aliphatic carbocycles. The van der Waals surface area contributed by atoms with Gasteiger partial charge in [0, 0.05) is 36.5 Å². The maximum Gasteiger partial charge on any atom is 0.258 e. The zero-order valence-electron chi connectivity index (χ0n) is 17.5. The first kappa shape index (κ1) is 20.8. The van der Waals surface area contributed by atoms with Gasteiger partial charge in [0.1, 0.15) is 11.7 Å². The van der Waals surface area contributed by atoms with E-state index in [2.05, 4.69) is 31.4 Å². The van der Waals surface area contributed by atoms with Crippen LogP contribution in [0.3, 0.4) is 0 Å². The number of nitrogens with zero attached hydrogens (tertiary/aromatic N) is 3. The predicted octanol–water partition coefficient (Wildman–Crippen LogP) is 3.26. The van der Waals surface area contributed by atoms with Gasteiger partial charge in [0.25, 0.3) is 11.8 Å². The highest BCUT2D eigenvalue weighted by atomic mass is 16.2. The molecule has 0 spiro atoms. The SMILES string of the molecule is C#Cc1ccc(NC(=O)c2ccccc2NC(=O)c2ccc(C3=NCCN3C)cc2)nc1. The van der Waals surface area contributed by atoms with Crippen LogP contribution in [0, 0.1) is 12.3 Å². The Labute approximate surface area is 186 Å². The van der Waals surface area contributed by atoms with Crippen LogP contribution in [0.2, 0.25) is 0 Å². The third kappa shape index (κ3) is 4.50. The van der Waals surface area contributed by atoms with Crippen LogP contribution >= 0.6 is 0 Å². The molecule has 1 aliphatic rings. The molecule has 1 aromatic heterocycles. The van der Waals surface area contributed by atoms with Gasteiger partial charge in [-0.1, -0.05) is 30.2 Å². The number of terminal acetylenes is 1. The fourth-order valence-corrected chi connectivity index (χ4v) is 3.34. The van der Waals surface area contributed by atoms with E-state index in [1.807, 2.05) is 19.2 Å². The normalized spacial score (nSPS) is 12.6. The van der Waals surface area contributed by atoms with E-state index in [0.717, 1.165) is 24.5 Å². The fourth-order valence-electron chi connectivity index (χ4n) is 3.34. The Bertz CT molecular complexity index is 1220. The van der Waals surface area contributed by atoms with Gasteiger partial charge in [0.2, 0.25) is 0 Å². The molecule has 4 rings (SSSR count). The number of aromatic nitrogens is 1. The molecule has 0 unspecified atom stereocenters. The standard InChI is InChI=1S/C25H21N5O2/c1-3-17-8-13-22(27-16-17)29-25(32)20-6-4-5-7-21(20)28-24(31)19-11-9-18(10-12-19)23-26-14-15-30(23)2/h1,4-13,16H,14-15H2,2H3,(H,28,31)(H,27,29,32). The number of likely N-dealkylation sites (N-methyl/N-ethyl adjacent to an activating group) is 1. The smallest absolute Gasteiger partial charge is 0.258 e. The molecule has 158 valence electrons. The molecule has 7 nitrogen and oxygen atoms in total. The lowest BCUT2D eigenvalue weighted by Crippen LogP contribution is -2.23. The average Bonchev–Trinajstić information content (AvgIpc) is 3.25. The van der Waals surface area contributed by atoms with Gasteiger partial charge in [-0.15, -0.1) is 6.42 Å². The second-order valence-corrected chi connectivity index (χ2v) is 7.23. The number of amides is 2. The Morgan fingerprint density at radius 1 is 1.00 bits per heavy atom. The molecule has 0 radical (unpaired) electrons. The number of hydrogen-bond acceptors (Lipinski definition) is 5. The minimum absolute atomic E-state index is 0.310. The molecule has 3 aromatic rings. The summed E-state index contributed by atoms with van der Waals surface area (Å²) in [4.78, 5) is 36.3. The number of hydrogen-bond donors (Lipinski definition) is 2. The molecule has 2 N–H and O–H groups in total. The molecule has 0 bridgehead atoms. The van der Waals surface area contributed by atoms with Crippen molar-refractivity contribution in [2.75, 3.05) is 30.8 Å². The van der Waals surface area contributed by atoms with E-state index in [1.54, 1.807) is 48.5 Å². The molecule has 2 amide bonds. The topological polar surface area (TPSA) is 86.7 Å². The molecule has 2 heterocycles. The Kier molecular flexibility index (Phi) is 5.95. The Hall–Kier alpha value is -4.44. The molecule has 7 heteroatoms. The highest BCUT2D eigenvalue weighted by Gasteiger charge is 2.17. The third-order valence-electron chi connectivity index (χ3n) is 5.06. The third-order valence-corrected chi connectivity index (χ3v) is 5.06. The highest BCUT2D eigenvalue weighted by Crippen LogP contribution is 2.19. The molecular formula is C25H21N5O2. The monoisotopic (exact) mass is 423 g/mol. The highest BCUT2D eigenvalue weighted by molar-refractivity contribution is 6.12. The van der Waals surface area contributed by atoms with Crippen LogP contribution < -0.4 is 10.6 Å². The van der Waals surface area contributed by atoms with Crippen molar-refractivity contribution in [3.05, 3.63) is 89.1 Å². The molecular weight excluding hydrogens is 402 g/mol. The van der Waals surface area contributed by atoms with Crippen LogP contribution in [0.1, 0.15) is 31.8 Å². The summed E-state index contributed by atoms with van der Waals surface area (Å²) in [6.45, 7) is 1.66. The van der Waals surface area contributed by atoms with Gasteiger partial charge in [0.15, 0.2) is 0 Å². The summed E-state index contributed by atoms with van der Waals surface area (Å²) in [6, 6.07) is 17.4. The van der Waals surface area contributed by atoms with Crippen molar-refractivity contribution >= 4 is 29.2 Å². The van der Waals surface area contributed by atoms with Gasteiger partial charge < -0.3 is 15.5 Å². The van der Waals surface area contributed by atoms with Crippen molar-refractivity contribution in [1.29, 1.82) is 0 Å². The molecule has 32 heavy (non-hydrogen) atoms. The van der Waals surface area contributed by atoms with Gasteiger partial charge in [-0.3, -0.25) is 14.6 Å². The van der Waals surface area contributed by atoms with Gasteiger partial charge in [-0.25, -0.2) is 4.98 Å². The summed E-state index contributed by atoms with van der Waals surface area (Å²) in [7, 11) is 1.99. The number of carbonyl (C=O) groups excluding carboxylic acids is 2. The first-order chi connectivity index (χ1) is 15.5. The van der Waals surface area contributed by atoms with Crippen LogP contribution in [0.15, 0.2) is 71.9 Å². The zero-order chi connectivity index (χ0) is 22.5. The second kappa shape index (κ2) is 9.14. The van der Waals surface area contributed by atoms with Crippen molar-refractivity contribution in [3.63, 3.8) is 0 Å². The summed E-state index contributed by atoms with van der Waals surface area (Å²) < 4.78 is 0. The summed E-state index contributed by atoms with van der Waals surface area (Å²) in [5.41, 5.74) is 2.79. The summed E-state index contributed by atoms with van der Waals surface area (Å²) in [5.74, 6) is 3.06. The summed E-state index contributed by atoms with van der Waals surface area (Å²) in [5, 5.41) is 5.54. The largest absolute Gasteiger partial charge is 0.358 e. The Balaban J connectivity index is 1.48. The fraction of sp³-hybridized carbons (Fsp3) is 0.120. The molecule has 0 saturated carbocycles. The van der Waals surface area contributed by atoms with Crippen LogP contribution in [0.4, 0.5) is 11.5 Å². The van der Waals surface area contributed by atoms with Crippen molar-refractivity contribution in [2.24, 2.45) is 4.99 Å². The summed E-state index contributed by atoms with van der Waals surface area (Å²) >= 11 is 0. The van der Waals surface area contributed by atoms with Crippen molar-refractivity contribution in [3.8, 4) is 12.3 Å². The van der Waals surface area contributed by atoms with Gasteiger partial charge >= 0.3 is 0 Å². The first-order valence-electron chi connectivity index (χ1n) is 10.1. The quantitative estimate of drug-likeness (QED) is 0.617. The minimum Gasteiger partial charge on any atom is -0.358 e. The Morgan fingerprint density at radius 2 is 1.78 bits per heavy atom. The van der Waals surface area contributed by atoms with Crippen LogP contribution in [-0.4, -0.2) is 47.7 Å². The predicted molar refractivity (Wildman–Crippen MR) is 125 cm³/mol. The maximum atomic E-state index is 12.8. The van der Waals surface area contributed by atoms with Crippen molar-refractivity contribution in [2.45, 2.75) is 0 Å². The van der Waals surface area contributed by atoms with E-state index < -0.39 is 0 Å². The number of benzene rings is 2. The second-order valence-electron chi connectivity index (χ2n) is 7.23. The van der Waals surface area contributed by atoms with Crippen molar-refractivity contribution < 1.29 is 9.59 Å². The van der Waals surface area contributed by atoms with E-state index in [-0.39, 0.29) is 11.8 Å². The van der Waals surface area contributed by atoms with Crippen LogP contribution in [0.25, 0.3) is 0 Å². The van der Waals surface area contributed by atoms with Crippen LogP contribution in [-0.2, 0) is 0 Å². The minimum atomic E-state index is -0.389. The number of anilines is 2. The lowest BCUT2D eigenvalue weighted by molar-refractivity contribution is 0.102. The lowest BCUT2D eigenvalue weighted by Gasteiger charge is -2.14. The number of nitrogens with one attached hydrogen (secondary N) is 2. The Morgan fingerprint density at radius 3 is 2.44 bits per heavy atom. The van der Waals surface area contributed by atoms with Crippen LogP contribution in [0.5, 0.6) is 0 Å². The number of para-hydroxylation sites is 1. The lowest BCUT2D eigenvalue weighted by atomic mass is 10.1. The van der Waals surface area contributed by atoms with E-state index in [9.17, 15) is 9.59 Å². The molecule has 0 fully saturated rings. The maximum absolute atomic E-state index is 12.8. The molecule has 0 saturated heterocycles. The number of amidine groups is 1. The van der Waals surface area contributed by atoms with E-state index in [1.165, 1.54) is 6.20 Å². The number of aliphatic imine (C=N–C) groups is 1. The van der Waals surface area contributed by atoms with Gasteiger partial charge in [0.05, 0.1) is 17.8 Å². The molecule has 2 aromatic carbocycles. The molecule has 1 aliphatic heterocycles. The molecule has 0 atom stereocenters. The zero-order valence-corrected chi connectivity index (χ0v) is 17.5. The van der Waals surface area contributed by atoms with Gasteiger partial charge in [-0.05, 0) is 36.4 Å². The average molecular weight is 423 g/mol. The van der Waals surface area contributed by atoms with E-state index in [0.29, 0.717) is 28.2 Å². The van der Waals surface area contributed by atoms with Gasteiger partial charge in [-0.2, -0.15) is 0 Å². The van der Waals surface area contributed by atoms with E-state index >= 15 is 0 Å². The number of rotatable bonds is 5.